The van der Waals surface area contributed by atoms with Crippen molar-refractivity contribution in [2.24, 2.45) is 0 Å². The van der Waals surface area contributed by atoms with E-state index in [0.717, 1.165) is 11.4 Å². The maximum absolute atomic E-state index is 12.5. The van der Waals surface area contributed by atoms with Gasteiger partial charge in [0.25, 0.3) is 0 Å². The molecule has 9 heteroatoms. The molecule has 0 aliphatic rings. The van der Waals surface area contributed by atoms with E-state index in [4.69, 9.17) is 4.74 Å². The van der Waals surface area contributed by atoms with Crippen molar-refractivity contribution in [2.75, 3.05) is 17.2 Å². The molecule has 0 fully saturated rings. The summed E-state index contributed by atoms with van der Waals surface area (Å²) in [5.41, 5.74) is 2.06. The number of benzene rings is 2. The van der Waals surface area contributed by atoms with Crippen LogP contribution in [0.5, 0.6) is 5.75 Å². The Kier molecular flexibility index (Phi) is 7.42. The van der Waals surface area contributed by atoms with Crippen molar-refractivity contribution in [3.05, 3.63) is 54.1 Å². The summed E-state index contributed by atoms with van der Waals surface area (Å²) in [7, 11) is 0. The quantitative estimate of drug-likeness (QED) is 0.356. The number of nitrogens with zero attached hydrogens (tertiary/aromatic N) is 2. The Labute approximate surface area is 183 Å². The Hall–Kier alpha value is -2.91. The number of anilines is 3. The van der Waals surface area contributed by atoms with Gasteiger partial charge in [-0.05, 0) is 57.2 Å². The Bertz CT molecular complexity index is 1020. The molecule has 7 nitrogen and oxygen atoms in total. The lowest BCUT2D eigenvalue weighted by Gasteiger charge is -2.10. The third kappa shape index (κ3) is 5.80. The van der Waals surface area contributed by atoms with Gasteiger partial charge >= 0.3 is 0 Å². The average Bonchev–Trinajstić information content (AvgIpc) is 3.16. The third-order valence-corrected chi connectivity index (χ3v) is 6.06. The van der Waals surface area contributed by atoms with Gasteiger partial charge in [-0.25, -0.2) is 0 Å². The number of amides is 1. The van der Waals surface area contributed by atoms with Crippen molar-refractivity contribution in [2.45, 2.75) is 30.4 Å². The van der Waals surface area contributed by atoms with Gasteiger partial charge in [-0.3, -0.25) is 9.59 Å². The standard InChI is InChI=1S/C21H22N4O3S2/c1-4-28-18-8-6-5-7-17(18)23-20-24-25-21(30-20)29-14(3)19(27)22-16-11-9-15(10-12-16)13(2)26/h5-12,14H,4H2,1-3H3,(H,22,27)(H,23,24). The van der Waals surface area contributed by atoms with Crippen molar-refractivity contribution < 1.29 is 14.3 Å². The van der Waals surface area contributed by atoms with E-state index in [1.807, 2.05) is 38.1 Å². The summed E-state index contributed by atoms with van der Waals surface area (Å²) in [5.74, 6) is 0.580. The summed E-state index contributed by atoms with van der Waals surface area (Å²) in [6.07, 6.45) is 0. The molecule has 0 saturated heterocycles. The fraction of sp³-hybridized carbons (Fsp3) is 0.238. The molecule has 3 rings (SSSR count). The van der Waals surface area contributed by atoms with Crippen LogP contribution in [0.2, 0.25) is 0 Å². The van der Waals surface area contributed by atoms with Crippen LogP contribution in [0.15, 0.2) is 52.9 Å². The molecule has 0 radical (unpaired) electrons. The number of para-hydroxylation sites is 2. The Balaban J connectivity index is 1.58. The molecule has 0 aliphatic heterocycles. The first kappa shape index (κ1) is 21.8. The monoisotopic (exact) mass is 442 g/mol. The molecule has 2 N–H and O–H groups in total. The number of rotatable bonds is 9. The van der Waals surface area contributed by atoms with Crippen molar-refractivity contribution in [3.63, 3.8) is 0 Å². The largest absolute Gasteiger partial charge is 0.492 e. The van der Waals surface area contributed by atoms with E-state index in [9.17, 15) is 9.59 Å². The molecule has 1 aromatic heterocycles. The number of hydrogen-bond acceptors (Lipinski definition) is 8. The number of ether oxygens (including phenoxy) is 1. The van der Waals surface area contributed by atoms with Gasteiger partial charge in [0.1, 0.15) is 5.75 Å². The summed E-state index contributed by atoms with van der Waals surface area (Å²) in [5, 5.41) is 14.6. The first-order valence-electron chi connectivity index (χ1n) is 9.37. The maximum Gasteiger partial charge on any atom is 0.237 e. The predicted molar refractivity (Wildman–Crippen MR) is 121 cm³/mol. The van der Waals surface area contributed by atoms with Crippen LogP contribution in [0.25, 0.3) is 0 Å². The number of hydrogen-bond donors (Lipinski definition) is 2. The second-order valence-corrected chi connectivity index (χ2v) is 8.88. The lowest BCUT2D eigenvalue weighted by Crippen LogP contribution is -2.22. The van der Waals surface area contributed by atoms with E-state index in [-0.39, 0.29) is 16.9 Å². The molecule has 0 aliphatic carbocycles. The molecule has 2 aromatic carbocycles. The molecule has 0 bridgehead atoms. The smallest absolute Gasteiger partial charge is 0.237 e. The summed E-state index contributed by atoms with van der Waals surface area (Å²) in [4.78, 5) is 23.8. The molecular formula is C21H22N4O3S2. The molecule has 1 heterocycles. The van der Waals surface area contributed by atoms with E-state index in [1.54, 1.807) is 24.3 Å². The van der Waals surface area contributed by atoms with Crippen LogP contribution >= 0.6 is 23.1 Å². The molecular weight excluding hydrogens is 420 g/mol. The number of Topliss-reactive ketones (excluding diaryl/α,β-unsaturated/α-hetero) is 1. The van der Waals surface area contributed by atoms with E-state index in [0.29, 0.717) is 27.3 Å². The molecule has 1 amide bonds. The van der Waals surface area contributed by atoms with Crippen molar-refractivity contribution >= 4 is 51.3 Å². The summed E-state index contributed by atoms with van der Waals surface area (Å²) in [6, 6.07) is 14.4. The van der Waals surface area contributed by atoms with Crippen LogP contribution in [-0.4, -0.2) is 33.7 Å². The van der Waals surface area contributed by atoms with E-state index in [2.05, 4.69) is 20.8 Å². The fourth-order valence-corrected chi connectivity index (χ4v) is 4.42. The van der Waals surface area contributed by atoms with Gasteiger partial charge in [-0.1, -0.05) is 35.2 Å². The second kappa shape index (κ2) is 10.2. The number of aromatic nitrogens is 2. The first-order chi connectivity index (χ1) is 14.5. The molecule has 1 unspecified atom stereocenters. The zero-order valence-corrected chi connectivity index (χ0v) is 18.5. The highest BCUT2D eigenvalue weighted by Gasteiger charge is 2.18. The zero-order chi connectivity index (χ0) is 21.5. The highest BCUT2D eigenvalue weighted by Crippen LogP contribution is 2.33. The van der Waals surface area contributed by atoms with Crippen molar-refractivity contribution in [3.8, 4) is 5.75 Å². The van der Waals surface area contributed by atoms with Gasteiger partial charge in [0.2, 0.25) is 11.0 Å². The lowest BCUT2D eigenvalue weighted by molar-refractivity contribution is -0.115. The normalized spacial score (nSPS) is 11.6. The predicted octanol–water partition coefficient (Wildman–Crippen LogP) is 5.00. The lowest BCUT2D eigenvalue weighted by atomic mass is 10.1. The highest BCUT2D eigenvalue weighted by atomic mass is 32.2. The Morgan fingerprint density at radius 1 is 1.13 bits per heavy atom. The topological polar surface area (TPSA) is 93.2 Å². The van der Waals surface area contributed by atoms with Crippen molar-refractivity contribution in [1.82, 2.24) is 10.2 Å². The third-order valence-electron chi connectivity index (χ3n) is 4.04. The maximum atomic E-state index is 12.5. The molecule has 0 saturated carbocycles. The minimum absolute atomic E-state index is 0.0126. The van der Waals surface area contributed by atoms with Gasteiger partial charge in [0.05, 0.1) is 17.5 Å². The van der Waals surface area contributed by atoms with Crippen LogP contribution in [0.4, 0.5) is 16.5 Å². The van der Waals surface area contributed by atoms with Crippen LogP contribution in [0.1, 0.15) is 31.1 Å². The fourth-order valence-electron chi connectivity index (χ4n) is 2.51. The van der Waals surface area contributed by atoms with Gasteiger partial charge in [0, 0.05) is 11.3 Å². The Morgan fingerprint density at radius 2 is 1.87 bits per heavy atom. The Morgan fingerprint density at radius 3 is 2.57 bits per heavy atom. The zero-order valence-electron chi connectivity index (χ0n) is 16.8. The number of ketones is 1. The molecule has 30 heavy (non-hydrogen) atoms. The number of carbonyl (C=O) groups excluding carboxylic acids is 2. The number of carbonyl (C=O) groups is 2. The molecule has 0 spiro atoms. The summed E-state index contributed by atoms with van der Waals surface area (Å²) >= 11 is 2.70. The van der Waals surface area contributed by atoms with Gasteiger partial charge in [0.15, 0.2) is 10.1 Å². The molecule has 156 valence electrons. The average molecular weight is 443 g/mol. The van der Waals surface area contributed by atoms with E-state index in [1.165, 1.54) is 30.0 Å². The van der Waals surface area contributed by atoms with E-state index < -0.39 is 0 Å². The molecule has 1 atom stereocenters. The first-order valence-corrected chi connectivity index (χ1v) is 11.1. The highest BCUT2D eigenvalue weighted by molar-refractivity contribution is 8.02. The second-order valence-electron chi connectivity index (χ2n) is 6.31. The molecule has 3 aromatic rings. The van der Waals surface area contributed by atoms with Crippen LogP contribution in [0, 0.1) is 0 Å². The van der Waals surface area contributed by atoms with Crippen LogP contribution in [0.3, 0.4) is 0 Å². The SMILES string of the molecule is CCOc1ccccc1Nc1nnc(SC(C)C(=O)Nc2ccc(C(C)=O)cc2)s1. The number of nitrogens with one attached hydrogen (secondary N) is 2. The minimum Gasteiger partial charge on any atom is -0.492 e. The summed E-state index contributed by atoms with van der Waals surface area (Å²) < 4.78 is 6.29. The van der Waals surface area contributed by atoms with E-state index >= 15 is 0 Å². The van der Waals surface area contributed by atoms with Gasteiger partial charge in [-0.15, -0.1) is 10.2 Å². The van der Waals surface area contributed by atoms with Crippen molar-refractivity contribution in [1.29, 1.82) is 0 Å². The number of thioether (sulfide) groups is 1. The van der Waals surface area contributed by atoms with Gasteiger partial charge < -0.3 is 15.4 Å². The van der Waals surface area contributed by atoms with Crippen LogP contribution < -0.4 is 15.4 Å². The minimum atomic E-state index is -0.367. The summed E-state index contributed by atoms with van der Waals surface area (Å²) in [6.45, 7) is 5.82. The van der Waals surface area contributed by atoms with Crippen LogP contribution in [-0.2, 0) is 4.79 Å². The van der Waals surface area contributed by atoms with Gasteiger partial charge in [-0.2, -0.15) is 0 Å².